The van der Waals surface area contributed by atoms with Crippen LogP contribution in [0.2, 0.25) is 0 Å². The molecule has 0 radical (unpaired) electrons. The van der Waals surface area contributed by atoms with Crippen LogP contribution in [0.4, 0.5) is 0 Å². The second-order valence-corrected chi connectivity index (χ2v) is 12.1. The summed E-state index contributed by atoms with van der Waals surface area (Å²) in [6.45, 7) is 3.58. The fraction of sp³-hybridized carbons (Fsp3) is 1.00. The predicted octanol–water partition coefficient (Wildman–Crippen LogP) is -1.79. The minimum atomic E-state index is -1.76. The van der Waals surface area contributed by atoms with Crippen LogP contribution < -0.4 is 0 Å². The van der Waals surface area contributed by atoms with E-state index in [1.165, 1.54) is 7.11 Å². The zero-order valence-corrected chi connectivity index (χ0v) is 21.2. The smallest absolute Gasteiger partial charge is 0.120 e. The molecule has 5 saturated carbocycles. The van der Waals surface area contributed by atoms with Crippen molar-refractivity contribution in [2.24, 2.45) is 34.5 Å². The van der Waals surface area contributed by atoms with E-state index in [-0.39, 0.29) is 18.4 Å². The van der Waals surface area contributed by atoms with E-state index in [1.54, 1.807) is 21.3 Å². The summed E-state index contributed by atoms with van der Waals surface area (Å²) in [7, 11) is 6.29. The molecule has 35 heavy (non-hydrogen) atoms. The third-order valence-electron chi connectivity index (χ3n) is 11.7. The van der Waals surface area contributed by atoms with Crippen LogP contribution in [-0.2, 0) is 18.9 Å². The van der Waals surface area contributed by atoms with Crippen molar-refractivity contribution in [3.8, 4) is 0 Å². The van der Waals surface area contributed by atoms with Crippen LogP contribution in [-0.4, -0.2) is 132 Å². The van der Waals surface area contributed by atoms with Crippen molar-refractivity contribution in [1.29, 1.82) is 0 Å². The second-order valence-electron chi connectivity index (χ2n) is 12.1. The molecule has 0 aromatic heterocycles. The highest BCUT2D eigenvalue weighted by molar-refractivity contribution is 5.39. The molecule has 0 aromatic carbocycles. The third-order valence-corrected chi connectivity index (χ3v) is 11.7. The molecule has 6 fully saturated rings. The van der Waals surface area contributed by atoms with Crippen molar-refractivity contribution in [3.63, 3.8) is 0 Å². The normalized spacial score (nSPS) is 62.4. The van der Waals surface area contributed by atoms with Gasteiger partial charge in [-0.25, -0.2) is 0 Å². The van der Waals surface area contributed by atoms with Gasteiger partial charge in [-0.05, 0) is 18.9 Å². The standard InChI is InChI=1S/C25H41NO9/c1-6-26-9-22(10-32-2)12(27)7-13(33-3)24-11-8-23(30)19(28)14(11)25(31,20(29)21(23)35-5)15(18(24)26)16(34-4)17(22)24/h11-21,27-31H,6-10H2,1-5H3/t11-,12-,13-,14-,15+,16+,17-,18+,19-,20+,21+,22+,23-,24+,25-/m1/s1. The quantitative estimate of drug-likeness (QED) is 0.285. The van der Waals surface area contributed by atoms with E-state index in [2.05, 4.69) is 11.8 Å². The van der Waals surface area contributed by atoms with E-state index in [4.69, 9.17) is 18.9 Å². The Morgan fingerprint density at radius 1 is 0.943 bits per heavy atom. The third kappa shape index (κ3) is 2.35. The highest BCUT2D eigenvalue weighted by atomic mass is 16.5. The maximum Gasteiger partial charge on any atom is 0.120 e. The lowest BCUT2D eigenvalue weighted by atomic mass is 9.42. The van der Waals surface area contributed by atoms with Gasteiger partial charge in [0.1, 0.15) is 23.4 Å². The van der Waals surface area contributed by atoms with Crippen molar-refractivity contribution >= 4 is 0 Å². The Morgan fingerprint density at radius 2 is 1.66 bits per heavy atom. The molecule has 15 atom stereocenters. The van der Waals surface area contributed by atoms with E-state index in [0.717, 1.165) is 0 Å². The van der Waals surface area contributed by atoms with Gasteiger partial charge in [-0.1, -0.05) is 6.92 Å². The van der Waals surface area contributed by atoms with Gasteiger partial charge < -0.3 is 44.5 Å². The molecule has 1 spiro atoms. The van der Waals surface area contributed by atoms with Gasteiger partial charge in [0, 0.05) is 76.0 Å². The number of aliphatic hydroxyl groups excluding tert-OH is 3. The summed E-state index contributed by atoms with van der Waals surface area (Å²) in [4.78, 5) is 2.29. The van der Waals surface area contributed by atoms with Crippen molar-refractivity contribution in [2.45, 2.75) is 73.6 Å². The first-order valence-corrected chi connectivity index (χ1v) is 12.9. The number of fused-ring (bicyclic) bond motifs is 2. The monoisotopic (exact) mass is 499 g/mol. The molecule has 10 heteroatoms. The topological polar surface area (TPSA) is 141 Å². The Bertz CT molecular complexity index is 878. The summed E-state index contributed by atoms with van der Waals surface area (Å²) in [5.41, 5.74) is -4.81. The molecule has 1 heterocycles. The molecule has 0 aromatic rings. The number of hydrogen-bond donors (Lipinski definition) is 5. The van der Waals surface area contributed by atoms with Gasteiger partial charge in [0.25, 0.3) is 0 Å². The van der Waals surface area contributed by atoms with Crippen LogP contribution in [0.5, 0.6) is 0 Å². The molecule has 0 amide bonds. The number of aliphatic hydroxyl groups is 5. The number of rotatable bonds is 6. The lowest BCUT2D eigenvalue weighted by Gasteiger charge is -2.70. The van der Waals surface area contributed by atoms with E-state index >= 15 is 0 Å². The Hall–Kier alpha value is -0.400. The molecule has 10 nitrogen and oxygen atoms in total. The van der Waals surface area contributed by atoms with Crippen molar-refractivity contribution in [1.82, 2.24) is 4.90 Å². The number of likely N-dealkylation sites (tertiary alicyclic amines) is 1. The van der Waals surface area contributed by atoms with Gasteiger partial charge in [0.05, 0.1) is 31.0 Å². The molecule has 7 bridgehead atoms. The summed E-state index contributed by atoms with van der Waals surface area (Å²) in [5, 5.41) is 59.3. The van der Waals surface area contributed by atoms with Crippen LogP contribution in [0.1, 0.15) is 19.8 Å². The van der Waals surface area contributed by atoms with Crippen molar-refractivity contribution in [3.05, 3.63) is 0 Å². The predicted molar refractivity (Wildman–Crippen MR) is 121 cm³/mol. The van der Waals surface area contributed by atoms with Crippen LogP contribution in [0.15, 0.2) is 0 Å². The van der Waals surface area contributed by atoms with Gasteiger partial charge >= 0.3 is 0 Å². The average Bonchev–Trinajstić information content (AvgIpc) is 3.19. The summed E-state index contributed by atoms with van der Waals surface area (Å²) < 4.78 is 23.7. The molecule has 0 unspecified atom stereocenters. The Labute approximate surface area is 206 Å². The van der Waals surface area contributed by atoms with Gasteiger partial charge in [-0.15, -0.1) is 0 Å². The summed E-state index contributed by atoms with van der Waals surface area (Å²) in [5.74, 6) is -2.04. The molecule has 5 N–H and O–H groups in total. The van der Waals surface area contributed by atoms with Crippen LogP contribution in [0.25, 0.3) is 0 Å². The number of ether oxygens (including phenoxy) is 4. The molecule has 1 aliphatic heterocycles. The highest BCUT2D eigenvalue weighted by Gasteiger charge is 2.90. The molecular weight excluding hydrogens is 458 g/mol. The Morgan fingerprint density at radius 3 is 2.23 bits per heavy atom. The highest BCUT2D eigenvalue weighted by Crippen LogP contribution is 2.79. The Kier molecular flexibility index (Phi) is 5.40. The maximum atomic E-state index is 12.6. The number of methoxy groups -OCH3 is 4. The average molecular weight is 500 g/mol. The zero-order chi connectivity index (χ0) is 25.3. The first kappa shape index (κ1) is 24.9. The molecular formula is C25H41NO9. The number of nitrogens with zero attached hydrogens (tertiary/aromatic N) is 1. The maximum absolute atomic E-state index is 12.6. The fourth-order valence-electron chi connectivity index (χ4n) is 11.0. The SMILES string of the molecule is CCN1C[C@]2(COC)[C@H](O)C[C@@H](OC)[C@@]34[C@@H]5C[C@@]6(O)[C@H](O)[C@@H]5[C@@](O)([C@@H]([C@H](OC)[C@H]23)[C@H]14)[C@@H](O)[C@@H]6OC. The first-order valence-electron chi connectivity index (χ1n) is 12.9. The van der Waals surface area contributed by atoms with E-state index in [1.807, 2.05) is 0 Å². The number of hydrogen-bond acceptors (Lipinski definition) is 10. The first-order chi connectivity index (χ1) is 16.6. The van der Waals surface area contributed by atoms with Gasteiger partial charge in [0.15, 0.2) is 0 Å². The molecule has 1 saturated heterocycles. The lowest BCUT2D eigenvalue weighted by Crippen LogP contribution is -2.81. The lowest BCUT2D eigenvalue weighted by molar-refractivity contribution is -0.320. The van der Waals surface area contributed by atoms with Gasteiger partial charge in [-0.3, -0.25) is 4.90 Å². The van der Waals surface area contributed by atoms with E-state index in [0.29, 0.717) is 26.1 Å². The van der Waals surface area contributed by atoms with Gasteiger partial charge in [-0.2, -0.15) is 0 Å². The summed E-state index contributed by atoms with van der Waals surface area (Å²) >= 11 is 0. The van der Waals surface area contributed by atoms with Crippen LogP contribution in [0, 0.1) is 34.5 Å². The fourth-order valence-corrected chi connectivity index (χ4v) is 11.0. The van der Waals surface area contributed by atoms with Crippen LogP contribution in [0.3, 0.4) is 0 Å². The van der Waals surface area contributed by atoms with Crippen LogP contribution >= 0.6 is 0 Å². The summed E-state index contributed by atoms with van der Waals surface area (Å²) in [6, 6.07) is -0.240. The molecule has 5 aliphatic carbocycles. The molecule has 6 aliphatic rings. The number of piperidine rings is 1. The van der Waals surface area contributed by atoms with E-state index < -0.39 is 76.4 Å². The Balaban J connectivity index is 1.68. The largest absolute Gasteiger partial charge is 0.392 e. The van der Waals surface area contributed by atoms with Crippen molar-refractivity contribution in [2.75, 3.05) is 48.1 Å². The molecule has 6 rings (SSSR count). The zero-order valence-electron chi connectivity index (χ0n) is 21.2. The molecule has 200 valence electrons. The van der Waals surface area contributed by atoms with E-state index in [9.17, 15) is 25.5 Å². The van der Waals surface area contributed by atoms with Crippen molar-refractivity contribution < 1.29 is 44.5 Å². The minimum absolute atomic E-state index is 0.156. The van der Waals surface area contributed by atoms with Gasteiger partial charge in [0.2, 0.25) is 0 Å². The second kappa shape index (κ2) is 7.59. The minimum Gasteiger partial charge on any atom is -0.392 e. The summed E-state index contributed by atoms with van der Waals surface area (Å²) in [6.07, 6.45) is -4.95.